The van der Waals surface area contributed by atoms with Crippen molar-refractivity contribution in [2.45, 2.75) is 25.8 Å². The summed E-state index contributed by atoms with van der Waals surface area (Å²) in [4.78, 5) is 26.8. The van der Waals surface area contributed by atoms with Crippen molar-refractivity contribution in [2.24, 2.45) is 0 Å². The number of likely N-dealkylation sites (tertiary alicyclic amines) is 1. The Morgan fingerprint density at radius 3 is 2.46 bits per heavy atom. The molecule has 4 rings (SSSR count). The number of rotatable bonds is 4. The molecule has 0 spiro atoms. The first kappa shape index (κ1) is 18.7. The molecule has 2 aromatic rings. The van der Waals surface area contributed by atoms with Crippen molar-refractivity contribution in [3.05, 3.63) is 70.4 Å². The van der Waals surface area contributed by atoms with Crippen LogP contribution in [0.1, 0.15) is 40.7 Å². The summed E-state index contributed by atoms with van der Waals surface area (Å²) in [6, 6.07) is 13.1. The van der Waals surface area contributed by atoms with Gasteiger partial charge in [0.2, 0.25) is 0 Å². The van der Waals surface area contributed by atoms with Gasteiger partial charge in [-0.3, -0.25) is 19.8 Å². The molecule has 0 atom stereocenters. The number of benzene rings is 2. The fourth-order valence-corrected chi connectivity index (χ4v) is 3.85. The third-order valence-electron chi connectivity index (χ3n) is 5.18. The number of hydrogen-bond acceptors (Lipinski definition) is 4. The minimum Gasteiger partial charge on any atom is -0.361 e. The van der Waals surface area contributed by atoms with Gasteiger partial charge in [-0.25, -0.2) is 0 Å². The summed E-state index contributed by atoms with van der Waals surface area (Å²) >= 11 is 6.06. The number of fused-ring (bicyclic) bond motifs is 1. The summed E-state index contributed by atoms with van der Waals surface area (Å²) in [5.41, 5.74) is 3.51. The molecule has 0 aliphatic carbocycles. The molecule has 0 bridgehead atoms. The van der Waals surface area contributed by atoms with Crippen molar-refractivity contribution in [1.29, 1.82) is 0 Å². The van der Waals surface area contributed by atoms with Crippen molar-refractivity contribution in [3.63, 3.8) is 0 Å². The van der Waals surface area contributed by atoms with Gasteiger partial charge in [-0.1, -0.05) is 30.2 Å². The van der Waals surface area contributed by atoms with E-state index in [0.29, 0.717) is 21.7 Å². The van der Waals surface area contributed by atoms with E-state index >= 15 is 0 Å². The molecule has 2 amide bonds. The van der Waals surface area contributed by atoms with Gasteiger partial charge in [-0.05, 0) is 61.8 Å². The molecular formula is C22H22ClN3O2. The fourth-order valence-electron chi connectivity index (χ4n) is 3.68. The highest BCUT2D eigenvalue weighted by atomic mass is 35.5. The van der Waals surface area contributed by atoms with E-state index in [4.69, 9.17) is 11.6 Å². The SMILES string of the molecule is O=C1NC(=O)c2ccc(Cl)cc2/C1=C/Nc1ccc(CN2CCCCC2)cc1. The maximum absolute atomic E-state index is 12.3. The van der Waals surface area contributed by atoms with Crippen molar-refractivity contribution in [3.8, 4) is 0 Å². The van der Waals surface area contributed by atoms with Crippen LogP contribution in [0.25, 0.3) is 5.57 Å². The molecule has 2 aromatic carbocycles. The van der Waals surface area contributed by atoms with Gasteiger partial charge in [-0.2, -0.15) is 0 Å². The van der Waals surface area contributed by atoms with E-state index in [1.165, 1.54) is 37.9 Å². The zero-order valence-corrected chi connectivity index (χ0v) is 16.3. The smallest absolute Gasteiger partial charge is 0.260 e. The van der Waals surface area contributed by atoms with Crippen LogP contribution >= 0.6 is 11.6 Å². The monoisotopic (exact) mass is 395 g/mol. The predicted molar refractivity (Wildman–Crippen MR) is 111 cm³/mol. The standard InChI is InChI=1S/C22H22ClN3O2/c23-16-6-9-18-19(12-16)20(22(28)25-21(18)27)13-24-17-7-4-15(5-8-17)14-26-10-2-1-3-11-26/h4-9,12-13,24H,1-3,10-11,14H2,(H,25,27,28)/b20-13-. The average molecular weight is 396 g/mol. The third-order valence-corrected chi connectivity index (χ3v) is 5.42. The lowest BCUT2D eigenvalue weighted by atomic mass is 9.95. The molecule has 2 heterocycles. The lowest BCUT2D eigenvalue weighted by Gasteiger charge is -2.26. The number of amides is 2. The van der Waals surface area contributed by atoms with Crippen molar-refractivity contribution >= 4 is 34.7 Å². The van der Waals surface area contributed by atoms with Gasteiger partial charge in [0.05, 0.1) is 5.57 Å². The van der Waals surface area contributed by atoms with E-state index in [-0.39, 0.29) is 0 Å². The van der Waals surface area contributed by atoms with E-state index in [1.807, 2.05) is 12.1 Å². The van der Waals surface area contributed by atoms with Crippen LogP contribution in [-0.2, 0) is 11.3 Å². The normalized spacial score (nSPS) is 18.7. The van der Waals surface area contributed by atoms with Crippen LogP contribution in [0.2, 0.25) is 5.02 Å². The molecule has 2 aliphatic rings. The highest BCUT2D eigenvalue weighted by Gasteiger charge is 2.27. The second-order valence-corrected chi connectivity index (χ2v) is 7.65. The molecule has 0 saturated carbocycles. The van der Waals surface area contributed by atoms with Crippen molar-refractivity contribution in [2.75, 3.05) is 18.4 Å². The number of nitrogens with one attached hydrogen (secondary N) is 2. The van der Waals surface area contributed by atoms with E-state index in [1.54, 1.807) is 24.4 Å². The van der Waals surface area contributed by atoms with E-state index in [2.05, 4.69) is 27.7 Å². The second kappa shape index (κ2) is 8.17. The van der Waals surface area contributed by atoms with Gasteiger partial charge in [0, 0.05) is 34.6 Å². The van der Waals surface area contributed by atoms with Crippen molar-refractivity contribution < 1.29 is 9.59 Å². The first-order valence-electron chi connectivity index (χ1n) is 9.54. The summed E-state index contributed by atoms with van der Waals surface area (Å²) in [6.07, 6.45) is 5.52. The Kier molecular flexibility index (Phi) is 5.46. The van der Waals surface area contributed by atoms with Crippen LogP contribution in [0.15, 0.2) is 48.7 Å². The maximum Gasteiger partial charge on any atom is 0.260 e. The number of carbonyl (C=O) groups is 2. The predicted octanol–water partition coefficient (Wildman–Crippen LogP) is 4.05. The Hall–Kier alpha value is -2.63. The molecule has 1 fully saturated rings. The lowest BCUT2D eigenvalue weighted by molar-refractivity contribution is -0.114. The minimum absolute atomic E-state index is 0.384. The third kappa shape index (κ3) is 4.11. The molecular weight excluding hydrogens is 374 g/mol. The van der Waals surface area contributed by atoms with Crippen LogP contribution in [0.4, 0.5) is 5.69 Å². The van der Waals surface area contributed by atoms with E-state index < -0.39 is 11.8 Å². The largest absolute Gasteiger partial charge is 0.361 e. The van der Waals surface area contributed by atoms with Crippen molar-refractivity contribution in [1.82, 2.24) is 10.2 Å². The Morgan fingerprint density at radius 1 is 0.964 bits per heavy atom. The molecule has 0 radical (unpaired) electrons. The zero-order chi connectivity index (χ0) is 19.5. The molecule has 2 N–H and O–H groups in total. The second-order valence-electron chi connectivity index (χ2n) is 7.21. The van der Waals surface area contributed by atoms with Crippen LogP contribution < -0.4 is 10.6 Å². The summed E-state index contributed by atoms with van der Waals surface area (Å²) in [5.74, 6) is -0.843. The number of nitrogens with zero attached hydrogens (tertiary/aromatic N) is 1. The molecule has 6 heteroatoms. The van der Waals surface area contributed by atoms with Gasteiger partial charge < -0.3 is 5.32 Å². The summed E-state index contributed by atoms with van der Waals surface area (Å²) in [7, 11) is 0. The number of halogens is 1. The lowest BCUT2D eigenvalue weighted by Crippen LogP contribution is -2.36. The van der Waals surface area contributed by atoms with Gasteiger partial charge in [0.25, 0.3) is 11.8 Å². The van der Waals surface area contributed by atoms with Gasteiger partial charge in [0.1, 0.15) is 0 Å². The molecule has 28 heavy (non-hydrogen) atoms. The fraction of sp³-hybridized carbons (Fsp3) is 0.273. The summed E-state index contributed by atoms with van der Waals surface area (Å²) < 4.78 is 0. The first-order valence-corrected chi connectivity index (χ1v) is 9.91. The van der Waals surface area contributed by atoms with Gasteiger partial charge in [-0.15, -0.1) is 0 Å². The average Bonchev–Trinajstić information content (AvgIpc) is 2.69. The summed E-state index contributed by atoms with van der Waals surface area (Å²) in [6.45, 7) is 3.31. The highest BCUT2D eigenvalue weighted by molar-refractivity contribution is 6.34. The quantitative estimate of drug-likeness (QED) is 0.605. The number of anilines is 1. The van der Waals surface area contributed by atoms with Crippen LogP contribution in [0.3, 0.4) is 0 Å². The molecule has 1 saturated heterocycles. The number of hydrogen-bond donors (Lipinski definition) is 2. The van der Waals surface area contributed by atoms with E-state index in [9.17, 15) is 9.59 Å². The van der Waals surface area contributed by atoms with E-state index in [0.717, 1.165) is 12.2 Å². The van der Waals surface area contributed by atoms with Gasteiger partial charge in [0.15, 0.2) is 0 Å². The zero-order valence-electron chi connectivity index (χ0n) is 15.5. The number of carbonyl (C=O) groups excluding carboxylic acids is 2. The minimum atomic E-state index is -0.436. The molecule has 0 unspecified atom stereocenters. The molecule has 5 nitrogen and oxygen atoms in total. The van der Waals surface area contributed by atoms with Gasteiger partial charge >= 0.3 is 0 Å². The topological polar surface area (TPSA) is 61.4 Å². The Morgan fingerprint density at radius 2 is 1.71 bits per heavy atom. The van der Waals surface area contributed by atoms with Crippen LogP contribution in [-0.4, -0.2) is 29.8 Å². The Bertz CT molecular complexity index is 931. The Labute approximate surface area is 169 Å². The Balaban J connectivity index is 1.49. The first-order chi connectivity index (χ1) is 13.6. The van der Waals surface area contributed by atoms with Crippen LogP contribution in [0.5, 0.6) is 0 Å². The molecule has 0 aromatic heterocycles. The molecule has 144 valence electrons. The summed E-state index contributed by atoms with van der Waals surface area (Å²) in [5, 5.41) is 6.00. The number of piperidine rings is 1. The van der Waals surface area contributed by atoms with Crippen LogP contribution in [0, 0.1) is 0 Å². The molecule has 2 aliphatic heterocycles. The highest BCUT2D eigenvalue weighted by Crippen LogP contribution is 2.27. The number of imide groups is 1. The maximum atomic E-state index is 12.3.